The predicted molar refractivity (Wildman–Crippen MR) is 90.1 cm³/mol. The zero-order valence-electron chi connectivity index (χ0n) is 12.4. The minimum atomic E-state index is -0.478. The minimum absolute atomic E-state index is 0.0395. The van der Waals surface area contributed by atoms with Crippen molar-refractivity contribution in [3.8, 4) is 0 Å². The molecule has 0 aliphatic heterocycles. The zero-order valence-corrected chi connectivity index (χ0v) is 13.2. The number of carbonyl (C=O) groups is 1. The Balaban J connectivity index is 2.04. The SMILES string of the molecule is C[C@@H](NC(=O)/C=C/c1ccccc1[N+](=O)[O-])c1ccc(Cl)cc1. The molecule has 0 saturated heterocycles. The summed E-state index contributed by atoms with van der Waals surface area (Å²) in [5.74, 6) is -0.328. The first-order chi connectivity index (χ1) is 11.0. The molecule has 118 valence electrons. The summed E-state index contributed by atoms with van der Waals surface area (Å²) in [6.07, 6.45) is 2.72. The highest BCUT2D eigenvalue weighted by molar-refractivity contribution is 6.30. The lowest BCUT2D eigenvalue weighted by atomic mass is 10.1. The van der Waals surface area contributed by atoms with E-state index in [1.807, 2.05) is 19.1 Å². The molecule has 0 radical (unpaired) electrons. The van der Waals surface area contributed by atoms with Crippen molar-refractivity contribution in [3.63, 3.8) is 0 Å². The highest BCUT2D eigenvalue weighted by atomic mass is 35.5. The number of nitro benzene ring substituents is 1. The molecular formula is C17H15ClN2O3. The van der Waals surface area contributed by atoms with Gasteiger partial charge in [0.2, 0.25) is 5.91 Å². The molecule has 1 amide bonds. The Morgan fingerprint density at radius 1 is 1.22 bits per heavy atom. The van der Waals surface area contributed by atoms with E-state index in [-0.39, 0.29) is 17.6 Å². The number of nitro groups is 1. The second-order valence-electron chi connectivity index (χ2n) is 4.93. The van der Waals surface area contributed by atoms with Crippen LogP contribution in [-0.4, -0.2) is 10.8 Å². The summed E-state index contributed by atoms with van der Waals surface area (Å²) >= 11 is 5.83. The third-order valence-corrected chi connectivity index (χ3v) is 3.53. The molecule has 1 atom stereocenters. The zero-order chi connectivity index (χ0) is 16.8. The number of halogens is 1. The number of para-hydroxylation sites is 1. The van der Waals surface area contributed by atoms with Gasteiger partial charge in [0.1, 0.15) is 0 Å². The second kappa shape index (κ2) is 7.56. The van der Waals surface area contributed by atoms with E-state index < -0.39 is 4.92 Å². The molecule has 0 aliphatic carbocycles. The number of hydrogen-bond donors (Lipinski definition) is 1. The summed E-state index contributed by atoms with van der Waals surface area (Å²) < 4.78 is 0. The summed E-state index contributed by atoms with van der Waals surface area (Å²) in [5.41, 5.74) is 1.26. The first-order valence-corrected chi connectivity index (χ1v) is 7.32. The van der Waals surface area contributed by atoms with Gasteiger partial charge in [0, 0.05) is 17.2 Å². The van der Waals surface area contributed by atoms with Crippen molar-refractivity contribution in [2.75, 3.05) is 0 Å². The number of rotatable bonds is 5. The van der Waals surface area contributed by atoms with Gasteiger partial charge >= 0.3 is 0 Å². The van der Waals surface area contributed by atoms with Crippen molar-refractivity contribution in [2.45, 2.75) is 13.0 Å². The van der Waals surface area contributed by atoms with Crippen molar-refractivity contribution in [1.82, 2.24) is 5.32 Å². The highest BCUT2D eigenvalue weighted by Crippen LogP contribution is 2.19. The average Bonchev–Trinajstić information content (AvgIpc) is 2.53. The Kier molecular flexibility index (Phi) is 5.49. The van der Waals surface area contributed by atoms with Gasteiger partial charge in [-0.2, -0.15) is 0 Å². The molecule has 2 aromatic rings. The van der Waals surface area contributed by atoms with E-state index in [1.165, 1.54) is 18.2 Å². The Bertz CT molecular complexity index is 742. The van der Waals surface area contributed by atoms with Gasteiger partial charge < -0.3 is 5.32 Å². The van der Waals surface area contributed by atoms with Crippen LogP contribution in [0.4, 0.5) is 5.69 Å². The van der Waals surface area contributed by atoms with Gasteiger partial charge in [-0.25, -0.2) is 0 Å². The van der Waals surface area contributed by atoms with E-state index >= 15 is 0 Å². The highest BCUT2D eigenvalue weighted by Gasteiger charge is 2.11. The number of hydrogen-bond acceptors (Lipinski definition) is 3. The molecule has 0 spiro atoms. The molecule has 0 heterocycles. The number of benzene rings is 2. The van der Waals surface area contributed by atoms with E-state index in [9.17, 15) is 14.9 Å². The van der Waals surface area contributed by atoms with Crippen molar-refractivity contribution < 1.29 is 9.72 Å². The fraction of sp³-hybridized carbons (Fsp3) is 0.118. The van der Waals surface area contributed by atoms with E-state index in [2.05, 4.69) is 5.32 Å². The standard InChI is InChI=1S/C17H15ClN2O3/c1-12(13-6-9-15(18)10-7-13)19-17(21)11-8-14-4-2-3-5-16(14)20(22)23/h2-12H,1H3,(H,19,21)/b11-8+/t12-/m1/s1. The fourth-order valence-corrected chi connectivity index (χ4v) is 2.18. The number of carbonyl (C=O) groups excluding carboxylic acids is 1. The Morgan fingerprint density at radius 3 is 2.52 bits per heavy atom. The largest absolute Gasteiger partial charge is 0.346 e. The molecular weight excluding hydrogens is 316 g/mol. The molecule has 2 aromatic carbocycles. The summed E-state index contributed by atoms with van der Waals surface area (Å²) in [6, 6.07) is 13.2. The van der Waals surface area contributed by atoms with Crippen LogP contribution in [0.25, 0.3) is 6.08 Å². The van der Waals surface area contributed by atoms with Crippen LogP contribution in [0.3, 0.4) is 0 Å². The maximum atomic E-state index is 12.0. The summed E-state index contributed by atoms with van der Waals surface area (Å²) in [7, 11) is 0. The van der Waals surface area contributed by atoms with Crippen LogP contribution in [0, 0.1) is 10.1 Å². The molecule has 0 saturated carbocycles. The predicted octanol–water partition coefficient (Wildman–Crippen LogP) is 4.14. The van der Waals surface area contributed by atoms with E-state index in [1.54, 1.807) is 30.3 Å². The first kappa shape index (κ1) is 16.7. The van der Waals surface area contributed by atoms with Gasteiger partial charge in [0.25, 0.3) is 5.69 Å². The number of nitrogens with one attached hydrogen (secondary N) is 1. The average molecular weight is 331 g/mol. The van der Waals surface area contributed by atoms with Gasteiger partial charge in [0.05, 0.1) is 16.5 Å². The van der Waals surface area contributed by atoms with Gasteiger partial charge in [-0.15, -0.1) is 0 Å². The second-order valence-corrected chi connectivity index (χ2v) is 5.37. The molecule has 6 heteroatoms. The van der Waals surface area contributed by atoms with Gasteiger partial charge in [-0.05, 0) is 36.8 Å². The molecule has 0 aliphatic rings. The van der Waals surface area contributed by atoms with Crippen LogP contribution in [0.2, 0.25) is 5.02 Å². The van der Waals surface area contributed by atoms with Gasteiger partial charge in [-0.3, -0.25) is 14.9 Å². The molecule has 0 aromatic heterocycles. The lowest BCUT2D eigenvalue weighted by Gasteiger charge is -2.12. The van der Waals surface area contributed by atoms with Gasteiger partial charge in [0.15, 0.2) is 0 Å². The minimum Gasteiger partial charge on any atom is -0.346 e. The maximum Gasteiger partial charge on any atom is 0.276 e. The van der Waals surface area contributed by atoms with Gasteiger partial charge in [-0.1, -0.05) is 35.9 Å². The molecule has 0 bridgehead atoms. The molecule has 23 heavy (non-hydrogen) atoms. The quantitative estimate of drug-likeness (QED) is 0.508. The van der Waals surface area contributed by atoms with Crippen molar-refractivity contribution >= 4 is 29.3 Å². The summed E-state index contributed by atoms with van der Waals surface area (Å²) in [4.78, 5) is 22.4. The van der Waals surface area contributed by atoms with Crippen molar-refractivity contribution in [1.29, 1.82) is 0 Å². The Hall–Kier alpha value is -2.66. The topological polar surface area (TPSA) is 72.2 Å². The van der Waals surface area contributed by atoms with Crippen LogP contribution in [0.15, 0.2) is 54.6 Å². The smallest absolute Gasteiger partial charge is 0.276 e. The van der Waals surface area contributed by atoms with Crippen LogP contribution < -0.4 is 5.32 Å². The van der Waals surface area contributed by atoms with E-state index in [0.29, 0.717) is 10.6 Å². The molecule has 2 rings (SSSR count). The molecule has 1 N–H and O–H groups in total. The van der Waals surface area contributed by atoms with Crippen molar-refractivity contribution in [3.05, 3.63) is 80.9 Å². The van der Waals surface area contributed by atoms with Crippen LogP contribution in [0.5, 0.6) is 0 Å². The normalized spacial score (nSPS) is 12.1. The molecule has 5 nitrogen and oxygen atoms in total. The molecule has 0 unspecified atom stereocenters. The number of amides is 1. The lowest BCUT2D eigenvalue weighted by molar-refractivity contribution is -0.385. The van der Waals surface area contributed by atoms with Crippen LogP contribution >= 0.6 is 11.6 Å². The summed E-state index contributed by atoms with van der Waals surface area (Å²) in [6.45, 7) is 1.85. The number of nitrogens with zero attached hydrogens (tertiary/aromatic N) is 1. The maximum absolute atomic E-state index is 12.0. The molecule has 0 fully saturated rings. The third-order valence-electron chi connectivity index (χ3n) is 3.28. The Morgan fingerprint density at radius 2 is 1.87 bits per heavy atom. The van der Waals surface area contributed by atoms with Crippen LogP contribution in [0.1, 0.15) is 24.1 Å². The lowest BCUT2D eigenvalue weighted by Crippen LogP contribution is -2.24. The first-order valence-electron chi connectivity index (χ1n) is 6.95. The summed E-state index contributed by atoms with van der Waals surface area (Å²) in [5, 5.41) is 14.3. The third kappa shape index (κ3) is 4.66. The Labute approximate surface area is 138 Å². The van der Waals surface area contributed by atoms with Crippen LogP contribution in [-0.2, 0) is 4.79 Å². The fourth-order valence-electron chi connectivity index (χ4n) is 2.06. The monoisotopic (exact) mass is 330 g/mol. The van der Waals surface area contributed by atoms with Crippen molar-refractivity contribution in [2.24, 2.45) is 0 Å². The van der Waals surface area contributed by atoms with E-state index in [4.69, 9.17) is 11.6 Å². The van der Waals surface area contributed by atoms with E-state index in [0.717, 1.165) is 5.56 Å².